The number of alkyl halides is 3. The monoisotopic (exact) mass is 287 g/mol. The summed E-state index contributed by atoms with van der Waals surface area (Å²) in [5, 5.41) is 12.3. The van der Waals surface area contributed by atoms with Gasteiger partial charge < -0.3 is 10.4 Å². The number of aliphatic hydroxyl groups is 1. The van der Waals surface area contributed by atoms with Crippen LogP contribution in [0.25, 0.3) is 0 Å². The highest BCUT2D eigenvalue weighted by Crippen LogP contribution is 2.48. The topological polar surface area (TPSA) is 32.3 Å². The number of hydrogen-bond donors (Lipinski definition) is 2. The van der Waals surface area contributed by atoms with Crippen molar-refractivity contribution in [2.75, 3.05) is 13.2 Å². The van der Waals surface area contributed by atoms with Crippen LogP contribution in [0.5, 0.6) is 0 Å². The van der Waals surface area contributed by atoms with Crippen LogP contribution in [0.1, 0.15) is 43.4 Å². The molecule has 2 rings (SSSR count). The van der Waals surface area contributed by atoms with Gasteiger partial charge in [0, 0.05) is 19.2 Å². The molecule has 0 aromatic heterocycles. The van der Waals surface area contributed by atoms with Gasteiger partial charge in [0.1, 0.15) is 0 Å². The number of halogens is 3. The Morgan fingerprint density at radius 1 is 1.35 bits per heavy atom. The summed E-state index contributed by atoms with van der Waals surface area (Å²) < 4.78 is 38.0. The van der Waals surface area contributed by atoms with Crippen molar-refractivity contribution in [1.82, 2.24) is 5.32 Å². The second-order valence-electron chi connectivity index (χ2n) is 5.70. The molecule has 0 saturated heterocycles. The molecule has 112 valence electrons. The SMILES string of the molecule is CC(NCC1(CCO)CC1)c1cccc(C(F)(F)F)c1. The lowest BCUT2D eigenvalue weighted by molar-refractivity contribution is -0.137. The van der Waals surface area contributed by atoms with E-state index in [1.54, 1.807) is 6.07 Å². The molecular weight excluding hydrogens is 267 g/mol. The Morgan fingerprint density at radius 2 is 2.05 bits per heavy atom. The molecule has 0 aliphatic heterocycles. The van der Waals surface area contributed by atoms with Gasteiger partial charge in [0.05, 0.1) is 5.56 Å². The molecule has 2 N–H and O–H groups in total. The lowest BCUT2D eigenvalue weighted by Gasteiger charge is -2.20. The lowest BCUT2D eigenvalue weighted by atomic mass is 10.0. The molecule has 1 aromatic rings. The minimum atomic E-state index is -4.30. The molecule has 2 nitrogen and oxygen atoms in total. The van der Waals surface area contributed by atoms with Gasteiger partial charge in [-0.25, -0.2) is 0 Å². The number of nitrogens with one attached hydrogen (secondary N) is 1. The zero-order chi connectivity index (χ0) is 14.8. The van der Waals surface area contributed by atoms with E-state index in [-0.39, 0.29) is 18.1 Å². The molecule has 1 aromatic carbocycles. The van der Waals surface area contributed by atoms with Crippen molar-refractivity contribution in [3.05, 3.63) is 35.4 Å². The highest BCUT2D eigenvalue weighted by Gasteiger charge is 2.41. The van der Waals surface area contributed by atoms with E-state index in [1.807, 2.05) is 6.92 Å². The van der Waals surface area contributed by atoms with Crippen LogP contribution in [0.3, 0.4) is 0 Å². The highest BCUT2D eigenvalue weighted by molar-refractivity contribution is 5.27. The van der Waals surface area contributed by atoms with Gasteiger partial charge in [0.15, 0.2) is 0 Å². The van der Waals surface area contributed by atoms with Gasteiger partial charge >= 0.3 is 6.18 Å². The first-order valence-corrected chi connectivity index (χ1v) is 6.88. The molecule has 5 heteroatoms. The maximum Gasteiger partial charge on any atom is 0.416 e. The fourth-order valence-corrected chi connectivity index (χ4v) is 2.40. The summed E-state index contributed by atoms with van der Waals surface area (Å²) in [4.78, 5) is 0. The Morgan fingerprint density at radius 3 is 2.60 bits per heavy atom. The Kier molecular flexibility index (Phi) is 4.39. The van der Waals surface area contributed by atoms with Gasteiger partial charge in [0.2, 0.25) is 0 Å². The Hall–Kier alpha value is -1.07. The molecule has 0 amide bonds. The van der Waals surface area contributed by atoms with E-state index in [1.165, 1.54) is 12.1 Å². The lowest BCUT2D eigenvalue weighted by Crippen LogP contribution is -2.27. The molecule has 1 aliphatic carbocycles. The van der Waals surface area contributed by atoms with Gasteiger partial charge in [-0.15, -0.1) is 0 Å². The van der Waals surface area contributed by atoms with Gasteiger partial charge in [-0.05, 0) is 49.3 Å². The standard InChI is InChI=1S/C15H20F3NO/c1-11(19-10-14(5-6-14)7-8-20)12-3-2-4-13(9-12)15(16,17)18/h2-4,9,11,19-20H,5-8,10H2,1H3. The minimum Gasteiger partial charge on any atom is -0.396 e. The summed E-state index contributed by atoms with van der Waals surface area (Å²) in [6, 6.07) is 5.30. The third-order valence-electron chi connectivity index (χ3n) is 4.10. The van der Waals surface area contributed by atoms with E-state index in [9.17, 15) is 13.2 Å². The second kappa shape index (κ2) is 5.74. The summed E-state index contributed by atoms with van der Waals surface area (Å²) in [6.45, 7) is 2.77. The van der Waals surface area contributed by atoms with E-state index in [2.05, 4.69) is 5.32 Å². The molecule has 1 fully saturated rings. The number of rotatable bonds is 6. The van der Waals surface area contributed by atoms with Crippen LogP contribution in [0.4, 0.5) is 13.2 Å². The normalized spacial score (nSPS) is 18.9. The van der Waals surface area contributed by atoms with Crippen LogP contribution >= 0.6 is 0 Å². The van der Waals surface area contributed by atoms with Crippen molar-refractivity contribution in [3.8, 4) is 0 Å². The fourth-order valence-electron chi connectivity index (χ4n) is 2.40. The molecule has 20 heavy (non-hydrogen) atoms. The van der Waals surface area contributed by atoms with Crippen LogP contribution in [0.15, 0.2) is 24.3 Å². The Balaban J connectivity index is 1.97. The first kappa shape index (κ1) is 15.3. The average Bonchev–Trinajstić information content (AvgIpc) is 3.16. The van der Waals surface area contributed by atoms with Crippen LogP contribution in [0.2, 0.25) is 0 Å². The van der Waals surface area contributed by atoms with Crippen molar-refractivity contribution >= 4 is 0 Å². The predicted molar refractivity (Wildman–Crippen MR) is 71.2 cm³/mol. The molecule has 1 atom stereocenters. The number of hydrogen-bond acceptors (Lipinski definition) is 2. The van der Waals surface area contributed by atoms with E-state index in [0.29, 0.717) is 5.56 Å². The fraction of sp³-hybridized carbons (Fsp3) is 0.600. The first-order valence-electron chi connectivity index (χ1n) is 6.88. The second-order valence-corrected chi connectivity index (χ2v) is 5.70. The highest BCUT2D eigenvalue weighted by atomic mass is 19.4. The Bertz CT molecular complexity index is 455. The minimum absolute atomic E-state index is 0.131. The number of benzene rings is 1. The van der Waals surface area contributed by atoms with Gasteiger partial charge in [-0.2, -0.15) is 13.2 Å². The molecule has 0 spiro atoms. The average molecular weight is 287 g/mol. The van der Waals surface area contributed by atoms with Gasteiger partial charge in [-0.1, -0.05) is 12.1 Å². The van der Waals surface area contributed by atoms with Crippen molar-refractivity contribution < 1.29 is 18.3 Å². The molecule has 0 bridgehead atoms. The van der Waals surface area contributed by atoms with Crippen LogP contribution < -0.4 is 5.32 Å². The zero-order valence-corrected chi connectivity index (χ0v) is 11.5. The summed E-state index contributed by atoms with van der Waals surface area (Å²) in [5.41, 5.74) is 0.185. The van der Waals surface area contributed by atoms with Crippen molar-refractivity contribution in [1.29, 1.82) is 0 Å². The van der Waals surface area contributed by atoms with Crippen LogP contribution in [0, 0.1) is 5.41 Å². The maximum absolute atomic E-state index is 12.7. The zero-order valence-electron chi connectivity index (χ0n) is 11.5. The quantitative estimate of drug-likeness (QED) is 0.839. The smallest absolute Gasteiger partial charge is 0.396 e. The predicted octanol–water partition coefficient (Wildman–Crippen LogP) is 3.52. The summed E-state index contributed by atoms with van der Waals surface area (Å²) in [6.07, 6.45) is -1.38. The van der Waals surface area contributed by atoms with E-state index in [4.69, 9.17) is 5.11 Å². The van der Waals surface area contributed by atoms with Crippen LogP contribution in [-0.2, 0) is 6.18 Å². The van der Waals surface area contributed by atoms with Crippen LogP contribution in [-0.4, -0.2) is 18.3 Å². The maximum atomic E-state index is 12.7. The third kappa shape index (κ3) is 3.73. The van der Waals surface area contributed by atoms with Crippen molar-refractivity contribution in [2.24, 2.45) is 5.41 Å². The molecular formula is C15H20F3NO. The largest absolute Gasteiger partial charge is 0.416 e. The molecule has 1 aliphatic rings. The summed E-state index contributed by atoms with van der Waals surface area (Å²) >= 11 is 0. The van der Waals surface area contributed by atoms with E-state index in [0.717, 1.165) is 31.9 Å². The number of aliphatic hydroxyl groups excluding tert-OH is 1. The molecule has 0 radical (unpaired) electrons. The third-order valence-corrected chi connectivity index (χ3v) is 4.10. The van der Waals surface area contributed by atoms with Gasteiger partial charge in [0.25, 0.3) is 0 Å². The van der Waals surface area contributed by atoms with Gasteiger partial charge in [-0.3, -0.25) is 0 Å². The molecule has 1 unspecified atom stereocenters. The summed E-state index contributed by atoms with van der Waals surface area (Å²) in [5.74, 6) is 0. The molecule has 0 heterocycles. The van der Waals surface area contributed by atoms with E-state index >= 15 is 0 Å². The van der Waals surface area contributed by atoms with Crippen molar-refractivity contribution in [3.63, 3.8) is 0 Å². The molecule has 1 saturated carbocycles. The van der Waals surface area contributed by atoms with Crippen molar-refractivity contribution in [2.45, 2.75) is 38.4 Å². The summed E-state index contributed by atoms with van der Waals surface area (Å²) in [7, 11) is 0. The first-order chi connectivity index (χ1) is 9.36. The van der Waals surface area contributed by atoms with E-state index < -0.39 is 11.7 Å². The Labute approximate surface area is 117 Å².